The Hall–Kier alpha value is 0.0600. The Balaban J connectivity index is 2.25. The van der Waals surface area contributed by atoms with Crippen molar-refractivity contribution in [2.45, 2.75) is 11.9 Å². The van der Waals surface area contributed by atoms with E-state index in [2.05, 4.69) is 31.9 Å². The lowest BCUT2D eigenvalue weighted by Crippen LogP contribution is -2.30. The molecule has 2 atom stereocenters. The molecule has 0 aliphatic carbocycles. The number of rotatable bonds is 3. The number of aliphatic hydroxyl groups is 1. The SMILES string of the molecule is OC[C@@H]1CO[C@](CBr)(c2ccc(Br)cc2)O1. The van der Waals surface area contributed by atoms with E-state index in [0.717, 1.165) is 10.0 Å². The molecule has 1 aromatic rings. The zero-order chi connectivity index (χ0) is 11.6. The van der Waals surface area contributed by atoms with Crippen molar-refractivity contribution in [1.29, 1.82) is 0 Å². The molecule has 2 rings (SSSR count). The molecule has 1 aliphatic heterocycles. The summed E-state index contributed by atoms with van der Waals surface area (Å²) in [5.41, 5.74) is 0.948. The van der Waals surface area contributed by atoms with Crippen LogP contribution in [0.15, 0.2) is 28.7 Å². The Kier molecular flexibility index (Phi) is 4.02. The number of hydrogen-bond acceptors (Lipinski definition) is 3. The standard InChI is InChI=1S/C11H12Br2O3/c12-7-11(15-6-10(5-14)16-11)8-1-3-9(13)4-2-8/h1-4,10,14H,5-7H2/t10-,11+/m1/s1. The van der Waals surface area contributed by atoms with Crippen LogP contribution in [-0.2, 0) is 15.3 Å². The molecule has 0 bridgehead atoms. The molecular formula is C11H12Br2O3. The minimum absolute atomic E-state index is 0.0225. The van der Waals surface area contributed by atoms with Gasteiger partial charge in [0.2, 0.25) is 5.79 Å². The number of aliphatic hydroxyl groups excluding tert-OH is 1. The summed E-state index contributed by atoms with van der Waals surface area (Å²) in [6.45, 7) is 0.392. The quantitative estimate of drug-likeness (QED) is 0.850. The van der Waals surface area contributed by atoms with Gasteiger partial charge in [0.15, 0.2) is 0 Å². The first-order chi connectivity index (χ1) is 7.70. The van der Waals surface area contributed by atoms with Crippen molar-refractivity contribution in [2.75, 3.05) is 18.5 Å². The van der Waals surface area contributed by atoms with Crippen LogP contribution >= 0.6 is 31.9 Å². The average Bonchev–Trinajstić information content (AvgIpc) is 2.75. The summed E-state index contributed by atoms with van der Waals surface area (Å²) in [6, 6.07) is 7.79. The van der Waals surface area contributed by atoms with Crippen LogP contribution in [0.1, 0.15) is 5.56 Å². The largest absolute Gasteiger partial charge is 0.394 e. The van der Waals surface area contributed by atoms with Crippen molar-refractivity contribution < 1.29 is 14.6 Å². The van der Waals surface area contributed by atoms with Crippen LogP contribution in [0.5, 0.6) is 0 Å². The van der Waals surface area contributed by atoms with Crippen LogP contribution in [0.2, 0.25) is 0 Å². The summed E-state index contributed by atoms with van der Waals surface area (Å²) in [5.74, 6) is -0.770. The minimum Gasteiger partial charge on any atom is -0.394 e. The highest BCUT2D eigenvalue weighted by atomic mass is 79.9. The Morgan fingerprint density at radius 2 is 2.06 bits per heavy atom. The zero-order valence-electron chi connectivity index (χ0n) is 8.53. The van der Waals surface area contributed by atoms with E-state index in [0.29, 0.717) is 11.9 Å². The van der Waals surface area contributed by atoms with Crippen molar-refractivity contribution in [1.82, 2.24) is 0 Å². The minimum atomic E-state index is -0.770. The second-order valence-corrected chi connectivity index (χ2v) is 5.10. The molecule has 1 heterocycles. The average molecular weight is 352 g/mol. The second-order valence-electron chi connectivity index (χ2n) is 3.63. The molecular weight excluding hydrogens is 340 g/mol. The molecule has 5 heteroatoms. The first-order valence-electron chi connectivity index (χ1n) is 4.95. The Morgan fingerprint density at radius 1 is 1.38 bits per heavy atom. The van der Waals surface area contributed by atoms with Crippen molar-refractivity contribution in [3.8, 4) is 0 Å². The molecule has 88 valence electrons. The molecule has 1 fully saturated rings. The van der Waals surface area contributed by atoms with Gasteiger partial charge in [0.05, 0.1) is 18.5 Å². The summed E-state index contributed by atoms with van der Waals surface area (Å²) in [4.78, 5) is 0. The van der Waals surface area contributed by atoms with E-state index in [1.807, 2.05) is 24.3 Å². The molecule has 0 unspecified atom stereocenters. The van der Waals surface area contributed by atoms with Crippen molar-refractivity contribution in [3.63, 3.8) is 0 Å². The number of halogens is 2. The molecule has 1 N–H and O–H groups in total. The van der Waals surface area contributed by atoms with Crippen LogP contribution in [-0.4, -0.2) is 29.8 Å². The lowest BCUT2D eigenvalue weighted by molar-refractivity contribution is -0.160. The van der Waals surface area contributed by atoms with Crippen molar-refractivity contribution in [3.05, 3.63) is 34.3 Å². The molecule has 1 aliphatic rings. The van der Waals surface area contributed by atoms with E-state index in [9.17, 15) is 0 Å². The lowest BCUT2D eigenvalue weighted by atomic mass is 10.1. The van der Waals surface area contributed by atoms with Crippen molar-refractivity contribution in [2.24, 2.45) is 0 Å². The molecule has 0 saturated carbocycles. The summed E-state index contributed by atoms with van der Waals surface area (Å²) >= 11 is 6.79. The molecule has 0 aromatic heterocycles. The Labute approximate surface area is 111 Å². The van der Waals surface area contributed by atoms with Gasteiger partial charge in [-0.15, -0.1) is 0 Å². The molecule has 0 spiro atoms. The first-order valence-corrected chi connectivity index (χ1v) is 6.86. The van der Waals surface area contributed by atoms with Crippen LogP contribution in [0, 0.1) is 0 Å². The second kappa shape index (κ2) is 5.14. The van der Waals surface area contributed by atoms with Crippen LogP contribution < -0.4 is 0 Å². The number of hydrogen-bond donors (Lipinski definition) is 1. The summed E-state index contributed by atoms with van der Waals surface area (Å²) in [6.07, 6.45) is -0.249. The number of ether oxygens (including phenoxy) is 2. The number of benzene rings is 1. The zero-order valence-corrected chi connectivity index (χ0v) is 11.7. The molecule has 1 saturated heterocycles. The predicted octanol–water partition coefficient (Wildman–Crippen LogP) is 2.40. The van der Waals surface area contributed by atoms with E-state index in [1.54, 1.807) is 0 Å². The fourth-order valence-corrected chi connectivity index (χ4v) is 2.54. The van der Waals surface area contributed by atoms with Gasteiger partial charge in [-0.2, -0.15) is 0 Å². The maximum Gasteiger partial charge on any atom is 0.205 e. The smallest absolute Gasteiger partial charge is 0.205 e. The van der Waals surface area contributed by atoms with E-state index in [-0.39, 0.29) is 12.7 Å². The van der Waals surface area contributed by atoms with Crippen LogP contribution in [0.4, 0.5) is 0 Å². The van der Waals surface area contributed by atoms with Gasteiger partial charge < -0.3 is 14.6 Å². The maximum absolute atomic E-state index is 9.06. The third-order valence-corrected chi connectivity index (χ3v) is 3.79. The normalized spacial score (nSPS) is 29.6. The van der Waals surface area contributed by atoms with Crippen LogP contribution in [0.25, 0.3) is 0 Å². The van der Waals surface area contributed by atoms with Gasteiger partial charge >= 0.3 is 0 Å². The van der Waals surface area contributed by atoms with Gasteiger partial charge in [0, 0.05) is 10.0 Å². The van der Waals surface area contributed by atoms with Gasteiger partial charge in [-0.1, -0.05) is 44.0 Å². The fraction of sp³-hybridized carbons (Fsp3) is 0.455. The topological polar surface area (TPSA) is 38.7 Å². The highest BCUT2D eigenvalue weighted by Crippen LogP contribution is 2.36. The molecule has 16 heavy (non-hydrogen) atoms. The van der Waals surface area contributed by atoms with E-state index < -0.39 is 5.79 Å². The third kappa shape index (κ3) is 2.33. The highest BCUT2D eigenvalue weighted by molar-refractivity contribution is 9.10. The monoisotopic (exact) mass is 350 g/mol. The fourth-order valence-electron chi connectivity index (χ4n) is 1.66. The lowest BCUT2D eigenvalue weighted by Gasteiger charge is -2.26. The van der Waals surface area contributed by atoms with Gasteiger partial charge in [-0.25, -0.2) is 0 Å². The molecule has 1 aromatic carbocycles. The molecule has 0 amide bonds. The molecule has 3 nitrogen and oxygen atoms in total. The van der Waals surface area contributed by atoms with Crippen LogP contribution in [0.3, 0.4) is 0 Å². The molecule has 0 radical (unpaired) electrons. The van der Waals surface area contributed by atoms with Gasteiger partial charge in [-0.3, -0.25) is 0 Å². The van der Waals surface area contributed by atoms with Gasteiger partial charge in [0.25, 0.3) is 0 Å². The van der Waals surface area contributed by atoms with Crippen molar-refractivity contribution >= 4 is 31.9 Å². The maximum atomic E-state index is 9.06. The summed E-state index contributed by atoms with van der Waals surface area (Å²) in [7, 11) is 0. The highest BCUT2D eigenvalue weighted by Gasteiger charge is 2.42. The number of alkyl halides is 1. The predicted molar refractivity (Wildman–Crippen MR) is 67.5 cm³/mol. The van der Waals surface area contributed by atoms with E-state index in [1.165, 1.54) is 0 Å². The first kappa shape index (κ1) is 12.5. The third-order valence-electron chi connectivity index (χ3n) is 2.52. The van der Waals surface area contributed by atoms with E-state index in [4.69, 9.17) is 14.6 Å². The summed E-state index contributed by atoms with van der Waals surface area (Å²) < 4.78 is 12.4. The van der Waals surface area contributed by atoms with Gasteiger partial charge in [-0.05, 0) is 12.1 Å². The summed E-state index contributed by atoms with van der Waals surface area (Å²) in [5, 5.41) is 9.60. The van der Waals surface area contributed by atoms with Gasteiger partial charge in [0.1, 0.15) is 6.10 Å². The Morgan fingerprint density at radius 3 is 2.56 bits per heavy atom. The van der Waals surface area contributed by atoms with E-state index >= 15 is 0 Å². The Bertz CT molecular complexity index is 355.